The lowest BCUT2D eigenvalue weighted by atomic mass is 10.1. The molecule has 29 heavy (non-hydrogen) atoms. The summed E-state index contributed by atoms with van der Waals surface area (Å²) in [6.45, 7) is 1.22. The summed E-state index contributed by atoms with van der Waals surface area (Å²) in [4.78, 5) is 27.8. The third kappa shape index (κ3) is 4.39. The number of aryl methyl sites for hydroxylation is 1. The Kier molecular flexibility index (Phi) is 5.86. The zero-order valence-electron chi connectivity index (χ0n) is 15.1. The average molecular weight is 423 g/mol. The quantitative estimate of drug-likeness (QED) is 0.288. The monoisotopic (exact) mass is 423 g/mol. The number of ether oxygens (including phenoxy) is 1. The molecule has 0 bridgehead atoms. The van der Waals surface area contributed by atoms with Crippen LogP contribution in [-0.2, 0) is 19.0 Å². The van der Waals surface area contributed by atoms with E-state index in [-0.39, 0.29) is 4.90 Å². The first kappa shape index (κ1) is 20.8. The second-order valence-electron chi connectivity index (χ2n) is 6.32. The Morgan fingerprint density at radius 3 is 2.62 bits per heavy atom. The third-order valence-corrected chi connectivity index (χ3v) is 5.64. The molecule has 2 aromatic rings. The second kappa shape index (κ2) is 8.19. The van der Waals surface area contributed by atoms with E-state index in [2.05, 4.69) is 10.0 Å². The van der Waals surface area contributed by atoms with Gasteiger partial charge in [0.1, 0.15) is 18.4 Å². The molecule has 4 atom stereocenters. The number of nitrogens with one attached hydrogen (secondary N) is 1. The van der Waals surface area contributed by atoms with Crippen LogP contribution in [0.15, 0.2) is 56.1 Å². The van der Waals surface area contributed by atoms with Crippen molar-refractivity contribution in [3.05, 3.63) is 73.4 Å². The number of aromatic amines is 1. The van der Waals surface area contributed by atoms with Crippen LogP contribution in [0.3, 0.4) is 0 Å². The van der Waals surface area contributed by atoms with Crippen LogP contribution >= 0.6 is 0 Å². The highest BCUT2D eigenvalue weighted by Gasteiger charge is 2.45. The van der Waals surface area contributed by atoms with Crippen molar-refractivity contribution in [3.8, 4) is 0 Å². The van der Waals surface area contributed by atoms with Crippen molar-refractivity contribution in [1.29, 1.82) is 0 Å². The predicted octanol–water partition coefficient (Wildman–Crippen LogP) is 0.188. The zero-order valence-corrected chi connectivity index (χ0v) is 15.9. The first-order valence-electron chi connectivity index (χ1n) is 8.38. The Balaban J connectivity index is 1.81. The number of rotatable bonds is 6. The van der Waals surface area contributed by atoms with Crippen molar-refractivity contribution in [2.45, 2.75) is 36.3 Å². The van der Waals surface area contributed by atoms with Gasteiger partial charge in [-0.15, -0.1) is 0 Å². The molecule has 1 aromatic heterocycles. The van der Waals surface area contributed by atoms with Crippen molar-refractivity contribution in [3.63, 3.8) is 0 Å². The minimum Gasteiger partial charge on any atom is -0.390 e. The molecule has 1 saturated heterocycles. The smallest absolute Gasteiger partial charge is 0.330 e. The average Bonchev–Trinajstić information content (AvgIpc) is 2.97. The number of nitrogens with zero attached hydrogens (tertiary/aromatic N) is 4. The van der Waals surface area contributed by atoms with Crippen LogP contribution in [0.1, 0.15) is 11.8 Å². The topological polar surface area (TPSA) is 176 Å². The molecule has 12 nitrogen and oxygen atoms in total. The molecule has 2 heterocycles. The number of hydrogen-bond acceptors (Lipinski definition) is 8. The SMILES string of the molecule is Cc1ccc(S(=O)(=O)OC[C@H]2O[C@@H](n3ccc(=O)[nH]c3=O)[C@H](N=[N+]=[N-])[C@@H]2O)cc1. The van der Waals surface area contributed by atoms with Crippen molar-refractivity contribution in [2.24, 2.45) is 5.11 Å². The van der Waals surface area contributed by atoms with Gasteiger partial charge in [-0.25, -0.2) is 4.79 Å². The molecular weight excluding hydrogens is 406 g/mol. The molecule has 0 saturated carbocycles. The van der Waals surface area contributed by atoms with E-state index >= 15 is 0 Å². The second-order valence-corrected chi connectivity index (χ2v) is 7.94. The van der Waals surface area contributed by atoms with E-state index in [0.717, 1.165) is 22.4 Å². The van der Waals surface area contributed by atoms with Crippen LogP contribution in [0.2, 0.25) is 0 Å². The van der Waals surface area contributed by atoms with Gasteiger partial charge < -0.3 is 9.84 Å². The number of hydrogen-bond donors (Lipinski definition) is 2. The highest BCUT2D eigenvalue weighted by atomic mass is 32.2. The molecule has 0 unspecified atom stereocenters. The van der Waals surface area contributed by atoms with Gasteiger partial charge in [-0.3, -0.25) is 18.5 Å². The Morgan fingerprint density at radius 2 is 2.00 bits per heavy atom. The number of H-pyrrole nitrogens is 1. The van der Waals surface area contributed by atoms with Gasteiger partial charge in [-0.2, -0.15) is 8.42 Å². The third-order valence-electron chi connectivity index (χ3n) is 4.34. The van der Waals surface area contributed by atoms with Gasteiger partial charge in [0.15, 0.2) is 0 Å². The minimum atomic E-state index is -4.12. The molecule has 1 aliphatic rings. The Labute approximate surface area is 164 Å². The summed E-state index contributed by atoms with van der Waals surface area (Å²) >= 11 is 0. The van der Waals surface area contributed by atoms with Gasteiger partial charge >= 0.3 is 5.69 Å². The fourth-order valence-electron chi connectivity index (χ4n) is 2.84. The Hall–Kier alpha value is -2.96. The van der Waals surface area contributed by atoms with E-state index in [4.69, 9.17) is 14.5 Å². The first-order chi connectivity index (χ1) is 13.7. The lowest BCUT2D eigenvalue weighted by molar-refractivity contribution is -0.0406. The molecule has 0 aliphatic carbocycles. The number of benzene rings is 1. The fourth-order valence-corrected chi connectivity index (χ4v) is 3.76. The lowest BCUT2D eigenvalue weighted by Crippen LogP contribution is -2.36. The van der Waals surface area contributed by atoms with Gasteiger partial charge in [-0.1, -0.05) is 22.8 Å². The molecule has 0 radical (unpaired) electrons. The predicted molar refractivity (Wildman–Crippen MR) is 98.5 cm³/mol. The summed E-state index contributed by atoms with van der Waals surface area (Å²) < 4.78 is 36.1. The van der Waals surface area contributed by atoms with Gasteiger partial charge in [0.05, 0.1) is 17.6 Å². The molecule has 2 N–H and O–H groups in total. The molecule has 3 rings (SSSR count). The number of azide groups is 1. The largest absolute Gasteiger partial charge is 0.390 e. The zero-order chi connectivity index (χ0) is 21.2. The lowest BCUT2D eigenvalue weighted by Gasteiger charge is -2.17. The van der Waals surface area contributed by atoms with Gasteiger partial charge in [0, 0.05) is 17.2 Å². The van der Waals surface area contributed by atoms with Crippen molar-refractivity contribution in [1.82, 2.24) is 9.55 Å². The van der Waals surface area contributed by atoms with Crippen LogP contribution in [0.25, 0.3) is 10.4 Å². The van der Waals surface area contributed by atoms with Gasteiger partial charge in [-0.05, 0) is 24.6 Å². The molecule has 154 valence electrons. The Bertz CT molecular complexity index is 1150. The maximum absolute atomic E-state index is 12.3. The maximum atomic E-state index is 12.3. The van der Waals surface area contributed by atoms with Crippen LogP contribution in [-0.4, -0.2) is 47.9 Å². The summed E-state index contributed by atoms with van der Waals surface area (Å²) in [6, 6.07) is 5.76. The highest BCUT2D eigenvalue weighted by Crippen LogP contribution is 2.31. The number of aromatic nitrogens is 2. The number of aliphatic hydroxyl groups is 1. The van der Waals surface area contributed by atoms with Crippen LogP contribution in [0.5, 0.6) is 0 Å². The van der Waals surface area contributed by atoms with Crippen LogP contribution in [0.4, 0.5) is 0 Å². The standard InChI is InChI=1S/C16H17N5O7S/c1-9-2-4-10(5-3-9)29(25,26)27-8-11-14(23)13(19-20-17)15(28-11)21-7-6-12(22)18-16(21)24/h2-7,11,13-15,23H,8H2,1H3,(H,18,22,24)/t11-,13-,14-,15-/m1/s1. The molecule has 13 heteroatoms. The van der Waals surface area contributed by atoms with E-state index in [0.29, 0.717) is 0 Å². The van der Waals surface area contributed by atoms with Gasteiger partial charge in [0.25, 0.3) is 15.7 Å². The summed E-state index contributed by atoms with van der Waals surface area (Å²) in [6.07, 6.45) is -2.82. The van der Waals surface area contributed by atoms with Crippen molar-refractivity contribution >= 4 is 10.1 Å². The molecule has 0 spiro atoms. The van der Waals surface area contributed by atoms with E-state index in [1.54, 1.807) is 19.1 Å². The van der Waals surface area contributed by atoms with E-state index < -0.39 is 52.5 Å². The molecule has 1 aromatic carbocycles. The molecule has 1 fully saturated rings. The summed E-state index contributed by atoms with van der Waals surface area (Å²) in [7, 11) is -4.12. The first-order valence-corrected chi connectivity index (χ1v) is 9.79. The normalized spacial score (nSPS) is 24.2. The summed E-state index contributed by atoms with van der Waals surface area (Å²) in [5.74, 6) is 0. The van der Waals surface area contributed by atoms with Crippen LogP contribution < -0.4 is 11.2 Å². The molecule has 1 aliphatic heterocycles. The minimum absolute atomic E-state index is 0.0735. The summed E-state index contributed by atoms with van der Waals surface area (Å²) in [5.41, 5.74) is 8.13. The maximum Gasteiger partial charge on any atom is 0.330 e. The number of aliphatic hydroxyl groups excluding tert-OH is 1. The molecule has 0 amide bonds. The van der Waals surface area contributed by atoms with E-state index in [9.17, 15) is 23.1 Å². The molecular formula is C16H17N5O7S. The Morgan fingerprint density at radius 1 is 1.31 bits per heavy atom. The van der Waals surface area contributed by atoms with Crippen molar-refractivity contribution < 1.29 is 22.4 Å². The summed E-state index contributed by atoms with van der Waals surface area (Å²) in [5, 5.41) is 13.8. The fraction of sp³-hybridized carbons (Fsp3) is 0.375. The van der Waals surface area contributed by atoms with E-state index in [1.165, 1.54) is 12.1 Å². The van der Waals surface area contributed by atoms with Crippen molar-refractivity contribution in [2.75, 3.05) is 6.61 Å². The van der Waals surface area contributed by atoms with Crippen LogP contribution in [0, 0.1) is 6.92 Å². The van der Waals surface area contributed by atoms with E-state index in [1.807, 2.05) is 4.98 Å². The highest BCUT2D eigenvalue weighted by molar-refractivity contribution is 7.86. The van der Waals surface area contributed by atoms with Gasteiger partial charge in [0.2, 0.25) is 0 Å².